The van der Waals surface area contributed by atoms with Gasteiger partial charge in [-0.15, -0.1) is 12.4 Å². The zero-order chi connectivity index (χ0) is 21.9. The Bertz CT molecular complexity index is 706. The molecule has 0 aromatic heterocycles. The highest BCUT2D eigenvalue weighted by atomic mass is 35.5. The van der Waals surface area contributed by atoms with Gasteiger partial charge in [-0.3, -0.25) is 14.4 Å². The fourth-order valence-electron chi connectivity index (χ4n) is 1.82. The number of hydrogen-bond donors (Lipinski definition) is 1. The number of rotatable bonds is 5. The third-order valence-corrected chi connectivity index (χ3v) is 3.63. The van der Waals surface area contributed by atoms with Crippen molar-refractivity contribution in [2.24, 2.45) is 10.8 Å². The van der Waals surface area contributed by atoms with Crippen molar-refractivity contribution in [3.63, 3.8) is 0 Å². The van der Waals surface area contributed by atoms with E-state index in [1.807, 2.05) is 20.8 Å². The number of esters is 2. The number of nitrogens with one attached hydrogen (secondary N) is 1. The quantitative estimate of drug-likeness (QED) is 0.420. The van der Waals surface area contributed by atoms with Crippen LogP contribution in [-0.4, -0.2) is 29.8 Å². The molecule has 0 saturated heterocycles. The Morgan fingerprint density at radius 1 is 0.759 bits per heavy atom. The molecule has 0 atom stereocenters. The van der Waals surface area contributed by atoms with Crippen LogP contribution in [0.1, 0.15) is 72.7 Å². The average Bonchev–Trinajstić information content (AvgIpc) is 2.49. The topological polar surface area (TPSA) is 81.7 Å². The van der Waals surface area contributed by atoms with Gasteiger partial charge in [-0.05, 0) is 74.4 Å². The monoisotopic (exact) mass is 427 g/mol. The van der Waals surface area contributed by atoms with Gasteiger partial charge in [0, 0.05) is 17.2 Å². The molecule has 0 radical (unpaired) electrons. The Hall–Kier alpha value is -1.92. The standard InChI is InChI=1S/C22H33NO5.ClH/c1-20(2,3)18(25)27-15-10-14(17(24)13-23-22(7,8)9)11-16(12-15)28-19(26)21(4,5)6;/h10-12,23H,13H2,1-9H3;1H. The Morgan fingerprint density at radius 2 is 1.14 bits per heavy atom. The number of carbonyl (C=O) groups is 3. The molecular formula is C22H34ClNO5. The van der Waals surface area contributed by atoms with Crippen molar-refractivity contribution in [3.8, 4) is 11.5 Å². The molecule has 1 aromatic rings. The molecule has 164 valence electrons. The Balaban J connectivity index is 0.00000784. The van der Waals surface area contributed by atoms with E-state index in [9.17, 15) is 14.4 Å². The minimum atomic E-state index is -0.712. The zero-order valence-electron chi connectivity index (χ0n) is 18.9. The summed E-state index contributed by atoms with van der Waals surface area (Å²) >= 11 is 0. The number of ketones is 1. The highest BCUT2D eigenvalue weighted by Crippen LogP contribution is 2.28. The van der Waals surface area contributed by atoms with E-state index in [0.29, 0.717) is 5.56 Å². The predicted octanol–water partition coefficient (Wildman–Crippen LogP) is 4.58. The molecule has 1 aromatic carbocycles. The van der Waals surface area contributed by atoms with Gasteiger partial charge in [-0.25, -0.2) is 0 Å². The number of carbonyl (C=O) groups excluding carboxylic acids is 3. The Labute approximate surface area is 180 Å². The lowest BCUT2D eigenvalue weighted by Gasteiger charge is -2.21. The van der Waals surface area contributed by atoms with Crippen LogP contribution in [-0.2, 0) is 9.59 Å². The molecule has 0 spiro atoms. The number of ether oxygens (including phenoxy) is 2. The van der Waals surface area contributed by atoms with Crippen molar-refractivity contribution < 1.29 is 23.9 Å². The van der Waals surface area contributed by atoms with Gasteiger partial charge in [0.15, 0.2) is 5.78 Å². The molecule has 0 fully saturated rings. The highest BCUT2D eigenvalue weighted by Gasteiger charge is 2.26. The minimum absolute atomic E-state index is 0. The van der Waals surface area contributed by atoms with Crippen LogP contribution >= 0.6 is 12.4 Å². The SMILES string of the molecule is CC(C)(C)NCC(=O)c1cc(OC(=O)C(C)(C)C)cc(OC(=O)C(C)(C)C)c1.Cl. The molecule has 6 nitrogen and oxygen atoms in total. The normalized spacial score (nSPS) is 12.0. The van der Waals surface area contributed by atoms with Crippen LogP contribution in [0.25, 0.3) is 0 Å². The van der Waals surface area contributed by atoms with E-state index in [2.05, 4.69) is 5.32 Å². The maximum absolute atomic E-state index is 12.6. The molecule has 0 amide bonds. The van der Waals surface area contributed by atoms with Gasteiger partial charge in [0.2, 0.25) is 0 Å². The third kappa shape index (κ3) is 9.41. The molecule has 0 heterocycles. The molecule has 0 bridgehead atoms. The van der Waals surface area contributed by atoms with Gasteiger partial charge in [0.05, 0.1) is 17.4 Å². The zero-order valence-corrected chi connectivity index (χ0v) is 19.7. The number of hydrogen-bond acceptors (Lipinski definition) is 6. The van der Waals surface area contributed by atoms with E-state index in [1.165, 1.54) is 18.2 Å². The summed E-state index contributed by atoms with van der Waals surface area (Å²) < 4.78 is 10.8. The van der Waals surface area contributed by atoms with Gasteiger partial charge in [0.25, 0.3) is 0 Å². The third-order valence-electron chi connectivity index (χ3n) is 3.63. The van der Waals surface area contributed by atoms with Gasteiger partial charge in [0.1, 0.15) is 11.5 Å². The highest BCUT2D eigenvalue weighted by molar-refractivity contribution is 5.98. The van der Waals surface area contributed by atoms with Crippen LogP contribution in [0, 0.1) is 10.8 Å². The first-order chi connectivity index (χ1) is 12.5. The molecule has 0 saturated carbocycles. The first-order valence-electron chi connectivity index (χ1n) is 9.37. The van der Waals surface area contributed by atoms with E-state index in [4.69, 9.17) is 9.47 Å². The van der Waals surface area contributed by atoms with Crippen molar-refractivity contribution in [2.45, 2.75) is 67.9 Å². The van der Waals surface area contributed by atoms with Gasteiger partial charge in [-0.1, -0.05) is 0 Å². The fourth-order valence-corrected chi connectivity index (χ4v) is 1.82. The second-order valence-corrected chi connectivity index (χ2v) is 10.00. The summed E-state index contributed by atoms with van der Waals surface area (Å²) in [5, 5.41) is 3.12. The van der Waals surface area contributed by atoms with E-state index in [-0.39, 0.29) is 41.8 Å². The first-order valence-corrected chi connectivity index (χ1v) is 9.37. The molecule has 1 N–H and O–H groups in total. The molecule has 29 heavy (non-hydrogen) atoms. The largest absolute Gasteiger partial charge is 0.426 e. The van der Waals surface area contributed by atoms with E-state index >= 15 is 0 Å². The minimum Gasteiger partial charge on any atom is -0.426 e. The second kappa shape index (κ2) is 9.72. The molecule has 0 aliphatic rings. The number of halogens is 1. The van der Waals surface area contributed by atoms with Crippen molar-refractivity contribution in [2.75, 3.05) is 6.54 Å². The molecule has 7 heteroatoms. The summed E-state index contributed by atoms with van der Waals surface area (Å²) in [5.41, 5.74) is -1.35. The summed E-state index contributed by atoms with van der Waals surface area (Å²) in [4.78, 5) is 37.1. The van der Waals surface area contributed by atoms with Crippen LogP contribution in [0.15, 0.2) is 18.2 Å². The summed E-state index contributed by atoms with van der Waals surface area (Å²) in [6.07, 6.45) is 0. The number of Topliss-reactive ketones (excluding diaryl/α,β-unsaturated/α-hetero) is 1. The molecular weight excluding hydrogens is 394 g/mol. The van der Waals surface area contributed by atoms with Gasteiger partial charge in [-0.2, -0.15) is 0 Å². The average molecular weight is 428 g/mol. The van der Waals surface area contributed by atoms with Crippen molar-refractivity contribution in [1.82, 2.24) is 5.32 Å². The number of benzene rings is 1. The molecule has 0 aliphatic heterocycles. The molecule has 0 unspecified atom stereocenters. The maximum atomic E-state index is 12.6. The first kappa shape index (κ1) is 27.1. The van der Waals surface area contributed by atoms with E-state index in [0.717, 1.165) is 0 Å². The summed E-state index contributed by atoms with van der Waals surface area (Å²) in [5.74, 6) is -0.760. The molecule has 0 aliphatic carbocycles. The fraction of sp³-hybridized carbons (Fsp3) is 0.591. The van der Waals surface area contributed by atoms with Gasteiger partial charge >= 0.3 is 11.9 Å². The lowest BCUT2D eigenvalue weighted by Crippen LogP contribution is -2.39. The summed E-state index contributed by atoms with van der Waals surface area (Å²) in [6, 6.07) is 4.43. The van der Waals surface area contributed by atoms with Crippen molar-refractivity contribution >= 4 is 30.1 Å². The van der Waals surface area contributed by atoms with Crippen LogP contribution in [0.2, 0.25) is 0 Å². The Kier molecular flexibility index (Phi) is 9.08. The maximum Gasteiger partial charge on any atom is 0.316 e. The van der Waals surface area contributed by atoms with E-state index < -0.39 is 22.8 Å². The van der Waals surface area contributed by atoms with Crippen molar-refractivity contribution in [1.29, 1.82) is 0 Å². The van der Waals surface area contributed by atoms with Crippen molar-refractivity contribution in [3.05, 3.63) is 23.8 Å². The Morgan fingerprint density at radius 3 is 1.45 bits per heavy atom. The van der Waals surface area contributed by atoms with E-state index in [1.54, 1.807) is 41.5 Å². The van der Waals surface area contributed by atoms with Crippen LogP contribution in [0.5, 0.6) is 11.5 Å². The smallest absolute Gasteiger partial charge is 0.316 e. The van der Waals surface area contributed by atoms with Crippen LogP contribution in [0.4, 0.5) is 0 Å². The predicted molar refractivity (Wildman–Crippen MR) is 116 cm³/mol. The lowest BCUT2D eigenvalue weighted by molar-refractivity contribution is -0.143. The van der Waals surface area contributed by atoms with Crippen LogP contribution in [0.3, 0.4) is 0 Å². The molecule has 1 rings (SSSR count). The summed E-state index contributed by atoms with van der Waals surface area (Å²) in [7, 11) is 0. The lowest BCUT2D eigenvalue weighted by atomic mass is 9.97. The van der Waals surface area contributed by atoms with Gasteiger partial charge < -0.3 is 14.8 Å². The second-order valence-electron chi connectivity index (χ2n) is 10.00. The van der Waals surface area contributed by atoms with Crippen LogP contribution < -0.4 is 14.8 Å². The summed E-state index contributed by atoms with van der Waals surface area (Å²) in [6.45, 7) is 16.4.